The number of hydrogen-bond acceptors (Lipinski definition) is 3. The van der Waals surface area contributed by atoms with Crippen LogP contribution in [0.4, 0.5) is 10.5 Å². The highest BCUT2D eigenvalue weighted by Gasteiger charge is 2.53. The Labute approximate surface area is 164 Å². The molecule has 4 amide bonds. The molecule has 1 aliphatic heterocycles. The fourth-order valence-corrected chi connectivity index (χ4v) is 4.21. The summed E-state index contributed by atoms with van der Waals surface area (Å²) in [6.07, 6.45) is 2.99. The largest absolute Gasteiger partial charge is 0.325 e. The molecule has 1 saturated heterocycles. The van der Waals surface area contributed by atoms with Gasteiger partial charge in [0.15, 0.2) is 0 Å². The standard InChI is InChI=1S/C20H26ClN3O3/c1-19(2,3)13-8-10-20(11-9-13)17(26)24(18(27)23-20)12-16(25)22-15-7-5-4-6-14(15)21/h4-7,13H,8-12H2,1-3H3,(H,22,25)(H,23,27). The zero-order valence-corrected chi connectivity index (χ0v) is 16.7. The Balaban J connectivity index is 1.65. The van der Waals surface area contributed by atoms with Crippen LogP contribution in [0.25, 0.3) is 0 Å². The summed E-state index contributed by atoms with van der Waals surface area (Å²) in [4.78, 5) is 38.7. The Morgan fingerprint density at radius 2 is 1.89 bits per heavy atom. The summed E-state index contributed by atoms with van der Waals surface area (Å²) in [5.41, 5.74) is -0.220. The number of halogens is 1. The van der Waals surface area contributed by atoms with Crippen LogP contribution in [0.5, 0.6) is 0 Å². The van der Waals surface area contributed by atoms with Crippen LogP contribution in [0, 0.1) is 11.3 Å². The van der Waals surface area contributed by atoms with Crippen molar-refractivity contribution in [2.75, 3.05) is 11.9 Å². The van der Waals surface area contributed by atoms with Gasteiger partial charge in [0.1, 0.15) is 12.1 Å². The Bertz CT molecular complexity index is 764. The molecule has 2 aliphatic rings. The number of rotatable bonds is 3. The molecule has 7 heteroatoms. The van der Waals surface area contributed by atoms with Gasteiger partial charge in [0.05, 0.1) is 10.7 Å². The Kier molecular flexibility index (Phi) is 5.21. The molecular weight excluding hydrogens is 366 g/mol. The van der Waals surface area contributed by atoms with Gasteiger partial charge >= 0.3 is 6.03 Å². The minimum absolute atomic E-state index is 0.182. The summed E-state index contributed by atoms with van der Waals surface area (Å²) >= 11 is 6.03. The molecule has 0 aromatic heterocycles. The van der Waals surface area contributed by atoms with E-state index in [0.717, 1.165) is 17.7 Å². The van der Waals surface area contributed by atoms with Gasteiger partial charge in [-0.05, 0) is 49.1 Å². The molecule has 0 unspecified atom stereocenters. The summed E-state index contributed by atoms with van der Waals surface area (Å²) in [6.45, 7) is 6.29. The van der Waals surface area contributed by atoms with E-state index in [-0.39, 0.29) is 17.9 Å². The van der Waals surface area contributed by atoms with E-state index < -0.39 is 17.5 Å². The van der Waals surface area contributed by atoms with Crippen LogP contribution >= 0.6 is 11.6 Å². The second kappa shape index (κ2) is 7.15. The number of nitrogens with zero attached hydrogens (tertiary/aromatic N) is 1. The van der Waals surface area contributed by atoms with Crippen molar-refractivity contribution in [2.45, 2.75) is 52.0 Å². The molecule has 0 atom stereocenters. The zero-order valence-electron chi connectivity index (χ0n) is 16.0. The lowest BCUT2D eigenvalue weighted by Crippen LogP contribution is -2.50. The van der Waals surface area contributed by atoms with Crippen molar-refractivity contribution < 1.29 is 14.4 Å². The predicted octanol–water partition coefficient (Wildman–Crippen LogP) is 3.81. The first-order chi connectivity index (χ1) is 12.6. The fourth-order valence-electron chi connectivity index (χ4n) is 4.03. The van der Waals surface area contributed by atoms with Gasteiger partial charge in [0.2, 0.25) is 5.91 Å². The van der Waals surface area contributed by atoms with E-state index in [1.54, 1.807) is 24.3 Å². The first kappa shape index (κ1) is 19.7. The third-order valence-corrected chi connectivity index (χ3v) is 6.09. The summed E-state index contributed by atoms with van der Waals surface area (Å²) in [5.74, 6) is -0.230. The van der Waals surface area contributed by atoms with Gasteiger partial charge in [-0.1, -0.05) is 44.5 Å². The molecular formula is C20H26ClN3O3. The van der Waals surface area contributed by atoms with E-state index in [1.165, 1.54) is 0 Å². The summed E-state index contributed by atoms with van der Waals surface area (Å²) in [7, 11) is 0. The Morgan fingerprint density at radius 1 is 1.26 bits per heavy atom. The molecule has 1 aromatic rings. The van der Waals surface area contributed by atoms with Crippen molar-refractivity contribution in [1.29, 1.82) is 0 Å². The minimum Gasteiger partial charge on any atom is -0.323 e. The van der Waals surface area contributed by atoms with Gasteiger partial charge in [-0.2, -0.15) is 0 Å². The normalized spacial score (nSPS) is 25.6. The van der Waals surface area contributed by atoms with Crippen molar-refractivity contribution in [3.63, 3.8) is 0 Å². The average Bonchev–Trinajstić information content (AvgIpc) is 2.81. The Hall–Kier alpha value is -2.08. The SMILES string of the molecule is CC(C)(C)C1CCC2(CC1)NC(=O)N(CC(=O)Nc1ccccc1Cl)C2=O. The fraction of sp³-hybridized carbons (Fsp3) is 0.550. The first-order valence-corrected chi connectivity index (χ1v) is 9.69. The second-order valence-corrected chi connectivity index (χ2v) is 8.98. The van der Waals surface area contributed by atoms with E-state index in [1.807, 2.05) is 0 Å². The van der Waals surface area contributed by atoms with Crippen molar-refractivity contribution in [3.05, 3.63) is 29.3 Å². The smallest absolute Gasteiger partial charge is 0.323 e. The number of benzene rings is 1. The number of para-hydroxylation sites is 1. The number of amides is 4. The number of carbonyl (C=O) groups excluding carboxylic acids is 3. The molecule has 2 N–H and O–H groups in total. The highest BCUT2D eigenvalue weighted by atomic mass is 35.5. The molecule has 146 valence electrons. The van der Waals surface area contributed by atoms with Crippen LogP contribution < -0.4 is 10.6 Å². The van der Waals surface area contributed by atoms with E-state index in [9.17, 15) is 14.4 Å². The van der Waals surface area contributed by atoms with Crippen molar-refractivity contribution >= 4 is 35.1 Å². The maximum Gasteiger partial charge on any atom is 0.325 e. The molecule has 1 aliphatic carbocycles. The van der Waals surface area contributed by atoms with Gasteiger partial charge in [0, 0.05) is 0 Å². The maximum atomic E-state index is 12.9. The van der Waals surface area contributed by atoms with Gasteiger partial charge in [-0.3, -0.25) is 14.5 Å². The van der Waals surface area contributed by atoms with Gasteiger partial charge in [0.25, 0.3) is 5.91 Å². The monoisotopic (exact) mass is 391 g/mol. The van der Waals surface area contributed by atoms with E-state index in [4.69, 9.17) is 11.6 Å². The average molecular weight is 392 g/mol. The van der Waals surface area contributed by atoms with Crippen molar-refractivity contribution in [2.24, 2.45) is 11.3 Å². The van der Waals surface area contributed by atoms with E-state index in [0.29, 0.717) is 29.5 Å². The third-order valence-electron chi connectivity index (χ3n) is 5.76. The molecule has 27 heavy (non-hydrogen) atoms. The lowest BCUT2D eigenvalue weighted by molar-refractivity contribution is -0.135. The highest BCUT2D eigenvalue weighted by molar-refractivity contribution is 6.33. The highest BCUT2D eigenvalue weighted by Crippen LogP contribution is 2.43. The molecule has 1 spiro atoms. The number of urea groups is 1. The molecule has 1 saturated carbocycles. The zero-order chi connectivity index (χ0) is 19.8. The lowest BCUT2D eigenvalue weighted by atomic mass is 9.67. The van der Waals surface area contributed by atoms with E-state index in [2.05, 4.69) is 31.4 Å². The van der Waals surface area contributed by atoms with Gasteiger partial charge < -0.3 is 10.6 Å². The number of hydrogen-bond donors (Lipinski definition) is 2. The minimum atomic E-state index is -0.858. The van der Waals surface area contributed by atoms with Crippen LogP contribution in [0.2, 0.25) is 5.02 Å². The van der Waals surface area contributed by atoms with Crippen molar-refractivity contribution in [1.82, 2.24) is 10.2 Å². The second-order valence-electron chi connectivity index (χ2n) is 8.57. The number of nitrogens with one attached hydrogen (secondary N) is 2. The van der Waals surface area contributed by atoms with Crippen molar-refractivity contribution in [3.8, 4) is 0 Å². The summed E-state index contributed by atoms with van der Waals surface area (Å²) < 4.78 is 0. The maximum absolute atomic E-state index is 12.9. The van der Waals surface area contributed by atoms with Crippen LogP contribution in [-0.4, -0.2) is 34.8 Å². The number of carbonyl (C=O) groups is 3. The molecule has 2 fully saturated rings. The topological polar surface area (TPSA) is 78.5 Å². The summed E-state index contributed by atoms with van der Waals surface area (Å²) in [5, 5.41) is 5.91. The van der Waals surface area contributed by atoms with Crippen LogP contribution in [0.3, 0.4) is 0 Å². The van der Waals surface area contributed by atoms with Gasteiger partial charge in [-0.15, -0.1) is 0 Å². The molecule has 0 radical (unpaired) electrons. The molecule has 0 bridgehead atoms. The molecule has 1 aromatic carbocycles. The predicted molar refractivity (Wildman–Crippen MR) is 104 cm³/mol. The first-order valence-electron chi connectivity index (χ1n) is 9.31. The number of anilines is 1. The molecule has 1 heterocycles. The van der Waals surface area contributed by atoms with Crippen LogP contribution in [-0.2, 0) is 9.59 Å². The lowest BCUT2D eigenvalue weighted by Gasteiger charge is -2.40. The number of imide groups is 1. The van der Waals surface area contributed by atoms with Crippen LogP contribution in [0.1, 0.15) is 46.5 Å². The van der Waals surface area contributed by atoms with Crippen LogP contribution in [0.15, 0.2) is 24.3 Å². The Morgan fingerprint density at radius 3 is 2.48 bits per heavy atom. The molecule has 3 rings (SSSR count). The quantitative estimate of drug-likeness (QED) is 0.769. The third kappa shape index (κ3) is 3.95. The summed E-state index contributed by atoms with van der Waals surface area (Å²) in [6, 6.07) is 6.34. The van der Waals surface area contributed by atoms with E-state index >= 15 is 0 Å². The molecule has 6 nitrogen and oxygen atoms in total. The van der Waals surface area contributed by atoms with Gasteiger partial charge in [-0.25, -0.2) is 4.79 Å².